The van der Waals surface area contributed by atoms with Gasteiger partial charge in [0.25, 0.3) is 10.0 Å². The maximum Gasteiger partial charge on any atom is 0.337 e. The minimum absolute atomic E-state index is 0.0197. The van der Waals surface area contributed by atoms with E-state index in [-0.39, 0.29) is 39.9 Å². The molecule has 30 heavy (non-hydrogen) atoms. The molecule has 2 aromatic rings. The van der Waals surface area contributed by atoms with Gasteiger partial charge in [-0.2, -0.15) is 0 Å². The first kappa shape index (κ1) is 21.9. The van der Waals surface area contributed by atoms with E-state index in [2.05, 4.69) is 9.46 Å². The van der Waals surface area contributed by atoms with Crippen molar-refractivity contribution in [3.63, 3.8) is 0 Å². The molecule has 11 heteroatoms. The Kier molecular flexibility index (Phi) is 6.22. The fourth-order valence-electron chi connectivity index (χ4n) is 3.11. The number of anilines is 2. The highest BCUT2D eigenvalue weighted by molar-refractivity contribution is 7.93. The Balaban J connectivity index is 1.95. The van der Waals surface area contributed by atoms with Gasteiger partial charge in [0, 0.05) is 12.2 Å². The number of nitrogens with zero attached hydrogens (tertiary/aromatic N) is 1. The normalized spacial score (nSPS) is 16.0. The van der Waals surface area contributed by atoms with Crippen molar-refractivity contribution in [3.8, 4) is 5.75 Å². The van der Waals surface area contributed by atoms with E-state index < -0.39 is 26.0 Å². The van der Waals surface area contributed by atoms with Crippen molar-refractivity contribution in [2.24, 2.45) is 0 Å². The van der Waals surface area contributed by atoms with Crippen LogP contribution in [-0.2, 0) is 24.8 Å². The number of nitrogens with one attached hydrogen (secondary N) is 1. The Morgan fingerprint density at radius 3 is 2.37 bits per heavy atom. The van der Waals surface area contributed by atoms with Gasteiger partial charge in [0.15, 0.2) is 0 Å². The average molecular weight is 455 g/mol. The summed E-state index contributed by atoms with van der Waals surface area (Å²) in [5.74, 6) is -0.445. The molecule has 0 unspecified atom stereocenters. The number of carbonyl (C=O) groups is 1. The number of hydrogen-bond acceptors (Lipinski definition) is 7. The predicted octanol–water partition coefficient (Wildman–Crippen LogP) is 2.21. The summed E-state index contributed by atoms with van der Waals surface area (Å²) in [7, 11) is -5.02. The molecule has 162 valence electrons. The second-order valence-electron chi connectivity index (χ2n) is 6.60. The first-order valence-corrected chi connectivity index (χ1v) is 12.2. The summed E-state index contributed by atoms with van der Waals surface area (Å²) < 4.78 is 64.2. The van der Waals surface area contributed by atoms with Crippen LogP contribution in [0.2, 0.25) is 0 Å². The van der Waals surface area contributed by atoms with Crippen LogP contribution >= 0.6 is 0 Å². The lowest BCUT2D eigenvalue weighted by molar-refractivity contribution is 0.0600. The lowest BCUT2D eigenvalue weighted by atomic mass is 10.2. The molecule has 1 aliphatic heterocycles. The van der Waals surface area contributed by atoms with Crippen molar-refractivity contribution in [2.75, 3.05) is 35.5 Å². The molecule has 2 aromatic carbocycles. The molecule has 0 spiro atoms. The van der Waals surface area contributed by atoms with Crippen molar-refractivity contribution >= 4 is 37.4 Å². The number of hydrogen-bond donors (Lipinski definition) is 1. The molecule has 0 amide bonds. The first-order chi connectivity index (χ1) is 14.2. The highest BCUT2D eigenvalue weighted by atomic mass is 32.2. The summed E-state index contributed by atoms with van der Waals surface area (Å²) in [6.45, 7) is 0.288. The zero-order chi connectivity index (χ0) is 21.9. The van der Waals surface area contributed by atoms with Gasteiger partial charge in [0.1, 0.15) is 10.6 Å². The molecule has 9 nitrogen and oxygen atoms in total. The zero-order valence-electron chi connectivity index (χ0n) is 16.5. The Bertz CT molecular complexity index is 1140. The number of benzene rings is 2. The highest BCUT2D eigenvalue weighted by Crippen LogP contribution is 2.32. The quantitative estimate of drug-likeness (QED) is 0.665. The van der Waals surface area contributed by atoms with E-state index in [4.69, 9.17) is 4.74 Å². The third-order valence-electron chi connectivity index (χ3n) is 4.63. The maximum atomic E-state index is 13.0. The molecule has 1 fully saturated rings. The molecule has 1 heterocycles. The van der Waals surface area contributed by atoms with Crippen molar-refractivity contribution in [1.29, 1.82) is 0 Å². The number of carbonyl (C=O) groups excluding carboxylic acids is 1. The van der Waals surface area contributed by atoms with E-state index in [1.165, 1.54) is 61.0 Å². The molecular formula is C19H22N2O7S2. The van der Waals surface area contributed by atoms with Gasteiger partial charge in [-0.3, -0.25) is 9.03 Å². The third kappa shape index (κ3) is 4.51. The van der Waals surface area contributed by atoms with E-state index >= 15 is 0 Å². The van der Waals surface area contributed by atoms with Crippen LogP contribution in [0.5, 0.6) is 5.75 Å². The van der Waals surface area contributed by atoms with Gasteiger partial charge in [-0.15, -0.1) is 0 Å². The summed E-state index contributed by atoms with van der Waals surface area (Å²) in [6.07, 6.45) is 1.27. The number of sulfonamides is 2. The lowest BCUT2D eigenvalue weighted by Crippen LogP contribution is -2.37. The van der Waals surface area contributed by atoms with E-state index in [0.717, 1.165) is 0 Å². The van der Waals surface area contributed by atoms with Gasteiger partial charge in [-0.05, 0) is 55.3 Å². The second-order valence-corrected chi connectivity index (χ2v) is 10.3. The summed E-state index contributed by atoms with van der Waals surface area (Å²) in [5.41, 5.74) is 0.757. The molecule has 0 saturated carbocycles. The van der Waals surface area contributed by atoms with Crippen LogP contribution in [0.4, 0.5) is 11.4 Å². The van der Waals surface area contributed by atoms with Gasteiger partial charge in [-0.25, -0.2) is 21.6 Å². The first-order valence-electron chi connectivity index (χ1n) is 9.07. The van der Waals surface area contributed by atoms with Crippen LogP contribution < -0.4 is 13.8 Å². The predicted molar refractivity (Wildman–Crippen MR) is 112 cm³/mol. The highest BCUT2D eigenvalue weighted by Gasteiger charge is 2.28. The lowest BCUT2D eigenvalue weighted by Gasteiger charge is -2.28. The topological polar surface area (TPSA) is 119 Å². The molecule has 1 saturated heterocycles. The van der Waals surface area contributed by atoms with Crippen LogP contribution in [-0.4, -0.2) is 49.3 Å². The number of esters is 1. The Morgan fingerprint density at radius 2 is 1.77 bits per heavy atom. The molecule has 3 rings (SSSR count). The van der Waals surface area contributed by atoms with E-state index in [1.54, 1.807) is 0 Å². The van der Waals surface area contributed by atoms with E-state index in [1.807, 2.05) is 0 Å². The van der Waals surface area contributed by atoms with Crippen LogP contribution in [0.1, 0.15) is 23.2 Å². The molecule has 0 radical (unpaired) electrons. The summed E-state index contributed by atoms with van der Waals surface area (Å²) in [4.78, 5) is 11.3. The van der Waals surface area contributed by atoms with Crippen LogP contribution in [0, 0.1) is 0 Å². The Hall–Kier alpha value is -2.79. The molecule has 0 aliphatic carbocycles. The van der Waals surface area contributed by atoms with Gasteiger partial charge < -0.3 is 9.47 Å². The average Bonchev–Trinajstić information content (AvgIpc) is 2.72. The maximum absolute atomic E-state index is 13.0. The van der Waals surface area contributed by atoms with Crippen LogP contribution in [0.25, 0.3) is 0 Å². The second kappa shape index (κ2) is 8.52. The minimum atomic E-state index is -4.11. The molecule has 1 N–H and O–H groups in total. The van der Waals surface area contributed by atoms with Crippen LogP contribution in [0.15, 0.2) is 47.4 Å². The molecular weight excluding hydrogens is 432 g/mol. The van der Waals surface area contributed by atoms with Crippen molar-refractivity contribution in [1.82, 2.24) is 0 Å². The van der Waals surface area contributed by atoms with Crippen molar-refractivity contribution < 1.29 is 31.1 Å². The Morgan fingerprint density at radius 1 is 1.07 bits per heavy atom. The fourth-order valence-corrected chi connectivity index (χ4v) is 5.99. The number of ether oxygens (including phenoxy) is 2. The zero-order valence-corrected chi connectivity index (χ0v) is 18.1. The van der Waals surface area contributed by atoms with Crippen LogP contribution in [0.3, 0.4) is 0 Å². The largest absolute Gasteiger partial charge is 0.495 e. The van der Waals surface area contributed by atoms with Gasteiger partial charge >= 0.3 is 5.97 Å². The molecule has 0 aromatic heterocycles. The SMILES string of the molecule is COC(=O)c1ccc(NS(=O)(=O)c2cc(N3CCCCS3(=O)=O)ccc2OC)cc1. The standard InChI is InChI=1S/C19H22N2O7S2/c1-27-17-10-9-16(21-11-3-4-12-29(21,23)24)13-18(17)30(25,26)20-15-7-5-14(6-8-15)19(22)28-2/h5-10,13,20H,3-4,11-12H2,1-2H3. The number of methoxy groups -OCH3 is 2. The molecule has 0 bridgehead atoms. The van der Waals surface area contributed by atoms with E-state index in [9.17, 15) is 21.6 Å². The van der Waals surface area contributed by atoms with Gasteiger partial charge in [0.05, 0.1) is 31.2 Å². The van der Waals surface area contributed by atoms with Crippen molar-refractivity contribution in [3.05, 3.63) is 48.0 Å². The van der Waals surface area contributed by atoms with Crippen molar-refractivity contribution in [2.45, 2.75) is 17.7 Å². The minimum Gasteiger partial charge on any atom is -0.495 e. The van der Waals surface area contributed by atoms with Gasteiger partial charge in [0.2, 0.25) is 10.0 Å². The Labute approximate surface area is 175 Å². The summed E-state index contributed by atoms with van der Waals surface area (Å²) in [5, 5.41) is 0. The monoisotopic (exact) mass is 454 g/mol. The third-order valence-corrected chi connectivity index (χ3v) is 7.90. The number of rotatable bonds is 6. The molecule has 0 atom stereocenters. The molecule has 1 aliphatic rings. The van der Waals surface area contributed by atoms with E-state index in [0.29, 0.717) is 12.8 Å². The van der Waals surface area contributed by atoms with Gasteiger partial charge in [-0.1, -0.05) is 0 Å². The summed E-state index contributed by atoms with van der Waals surface area (Å²) in [6, 6.07) is 9.94. The smallest absolute Gasteiger partial charge is 0.337 e. The fraction of sp³-hybridized carbons (Fsp3) is 0.316. The summed E-state index contributed by atoms with van der Waals surface area (Å²) >= 11 is 0.